The highest BCUT2D eigenvalue weighted by atomic mass is 32.1. The number of hydrogen-bond donors (Lipinski definition) is 0. The largest absolute Gasteiger partial charge is 0.293 e. The Morgan fingerprint density at radius 3 is 2.79 bits per heavy atom. The molecule has 0 aliphatic heterocycles. The van der Waals surface area contributed by atoms with Gasteiger partial charge in [-0.2, -0.15) is 0 Å². The highest BCUT2D eigenvalue weighted by Crippen LogP contribution is 2.30. The number of rotatable bonds is 3. The predicted octanol–water partition coefficient (Wildman–Crippen LogP) is 4.36. The van der Waals surface area contributed by atoms with Crippen LogP contribution in [0.2, 0.25) is 0 Å². The molecule has 19 heavy (non-hydrogen) atoms. The number of thiophene rings is 1. The first-order valence-electron chi connectivity index (χ1n) is 6.93. The molecule has 0 radical (unpaired) electrons. The number of Topliss-reactive ketones (excluding diaryl/α,β-unsaturated/α-hetero) is 1. The van der Waals surface area contributed by atoms with Gasteiger partial charge in [0.25, 0.3) is 0 Å². The molecule has 1 aliphatic carbocycles. The summed E-state index contributed by atoms with van der Waals surface area (Å²) in [6.07, 6.45) is 5.40. The Hall–Kier alpha value is -1.41. The average molecular weight is 270 g/mol. The highest BCUT2D eigenvalue weighted by molar-refractivity contribution is 7.14. The maximum absolute atomic E-state index is 12.4. The minimum Gasteiger partial charge on any atom is -0.293 e. The van der Waals surface area contributed by atoms with Crippen LogP contribution in [0.3, 0.4) is 0 Å². The monoisotopic (exact) mass is 270 g/mol. The SMILES string of the molecule is Cc1ccccc1CC(=O)c1cc2c(s1)CCCC2. The first-order chi connectivity index (χ1) is 9.24. The maximum Gasteiger partial charge on any atom is 0.177 e. The first-order valence-corrected chi connectivity index (χ1v) is 7.75. The van der Waals surface area contributed by atoms with E-state index in [1.807, 2.05) is 12.1 Å². The second-order valence-electron chi connectivity index (χ2n) is 5.29. The lowest BCUT2D eigenvalue weighted by Crippen LogP contribution is -2.02. The van der Waals surface area contributed by atoms with E-state index in [0.29, 0.717) is 6.42 Å². The molecule has 2 heteroatoms. The van der Waals surface area contributed by atoms with Crippen molar-refractivity contribution in [3.8, 4) is 0 Å². The summed E-state index contributed by atoms with van der Waals surface area (Å²) in [5.74, 6) is 0.272. The van der Waals surface area contributed by atoms with Crippen LogP contribution in [0.5, 0.6) is 0 Å². The van der Waals surface area contributed by atoms with Gasteiger partial charge in [-0.1, -0.05) is 24.3 Å². The Morgan fingerprint density at radius 2 is 2.00 bits per heavy atom. The van der Waals surface area contributed by atoms with Crippen molar-refractivity contribution in [2.45, 2.75) is 39.0 Å². The molecule has 1 heterocycles. The van der Waals surface area contributed by atoms with Gasteiger partial charge in [0.1, 0.15) is 0 Å². The van der Waals surface area contributed by atoms with Crippen molar-refractivity contribution < 1.29 is 4.79 Å². The van der Waals surface area contributed by atoms with Gasteiger partial charge in [-0.25, -0.2) is 0 Å². The summed E-state index contributed by atoms with van der Waals surface area (Å²) in [5.41, 5.74) is 3.78. The predicted molar refractivity (Wildman–Crippen MR) is 80.2 cm³/mol. The summed E-state index contributed by atoms with van der Waals surface area (Å²) in [5, 5.41) is 0. The zero-order valence-electron chi connectivity index (χ0n) is 11.2. The minimum absolute atomic E-state index is 0.272. The lowest BCUT2D eigenvalue weighted by molar-refractivity contribution is 0.0996. The summed E-state index contributed by atoms with van der Waals surface area (Å²) in [6.45, 7) is 2.07. The Labute approximate surface area is 118 Å². The molecule has 2 aromatic rings. The second-order valence-corrected chi connectivity index (χ2v) is 6.43. The van der Waals surface area contributed by atoms with Crippen LogP contribution in [-0.2, 0) is 19.3 Å². The average Bonchev–Trinajstić information content (AvgIpc) is 2.85. The number of fused-ring (bicyclic) bond motifs is 1. The smallest absolute Gasteiger partial charge is 0.177 e. The van der Waals surface area contributed by atoms with Gasteiger partial charge in [-0.05, 0) is 55.4 Å². The highest BCUT2D eigenvalue weighted by Gasteiger charge is 2.17. The molecule has 0 unspecified atom stereocenters. The van der Waals surface area contributed by atoms with Gasteiger partial charge in [0.2, 0.25) is 0 Å². The normalized spacial score (nSPS) is 14.2. The zero-order valence-corrected chi connectivity index (χ0v) is 12.1. The Kier molecular flexibility index (Phi) is 3.52. The van der Waals surface area contributed by atoms with Crippen molar-refractivity contribution in [2.24, 2.45) is 0 Å². The molecule has 1 aromatic carbocycles. The fourth-order valence-electron chi connectivity index (χ4n) is 2.70. The molecule has 0 atom stereocenters. The molecule has 1 aliphatic rings. The molecule has 0 fully saturated rings. The Balaban J connectivity index is 1.81. The fourth-order valence-corrected chi connectivity index (χ4v) is 3.89. The van der Waals surface area contributed by atoms with Crippen molar-refractivity contribution in [3.63, 3.8) is 0 Å². The van der Waals surface area contributed by atoms with Gasteiger partial charge < -0.3 is 0 Å². The number of hydrogen-bond acceptors (Lipinski definition) is 2. The molecule has 0 N–H and O–H groups in total. The van der Waals surface area contributed by atoms with Crippen LogP contribution in [0.25, 0.3) is 0 Å². The molecule has 0 spiro atoms. The van der Waals surface area contributed by atoms with Gasteiger partial charge in [0.05, 0.1) is 4.88 Å². The molecule has 1 nitrogen and oxygen atoms in total. The lowest BCUT2D eigenvalue weighted by Gasteiger charge is -2.08. The van der Waals surface area contributed by atoms with Crippen molar-refractivity contribution in [1.82, 2.24) is 0 Å². The van der Waals surface area contributed by atoms with Crippen LogP contribution >= 0.6 is 11.3 Å². The number of carbonyl (C=O) groups excluding carboxylic acids is 1. The van der Waals surface area contributed by atoms with Crippen LogP contribution in [0, 0.1) is 6.92 Å². The van der Waals surface area contributed by atoms with Crippen molar-refractivity contribution in [3.05, 3.63) is 56.8 Å². The van der Waals surface area contributed by atoms with E-state index in [2.05, 4.69) is 25.1 Å². The van der Waals surface area contributed by atoms with E-state index in [-0.39, 0.29) is 5.78 Å². The minimum atomic E-state index is 0.272. The van der Waals surface area contributed by atoms with Crippen LogP contribution in [0.4, 0.5) is 0 Å². The van der Waals surface area contributed by atoms with Crippen molar-refractivity contribution in [2.75, 3.05) is 0 Å². The van der Waals surface area contributed by atoms with Crippen LogP contribution in [0.1, 0.15) is 44.1 Å². The Bertz CT molecular complexity index is 586. The van der Waals surface area contributed by atoms with E-state index in [1.165, 1.54) is 28.8 Å². The fraction of sp³-hybridized carbons (Fsp3) is 0.353. The summed E-state index contributed by atoms with van der Waals surface area (Å²) in [4.78, 5) is 14.8. The van der Waals surface area contributed by atoms with Crippen LogP contribution in [-0.4, -0.2) is 5.78 Å². The van der Waals surface area contributed by atoms with Gasteiger partial charge in [-0.15, -0.1) is 11.3 Å². The second kappa shape index (κ2) is 5.30. The lowest BCUT2D eigenvalue weighted by atomic mass is 9.98. The van der Waals surface area contributed by atoms with E-state index in [1.54, 1.807) is 11.3 Å². The van der Waals surface area contributed by atoms with Gasteiger partial charge >= 0.3 is 0 Å². The van der Waals surface area contributed by atoms with Crippen LogP contribution < -0.4 is 0 Å². The van der Waals surface area contributed by atoms with E-state index in [0.717, 1.165) is 23.3 Å². The molecule has 0 amide bonds. The zero-order chi connectivity index (χ0) is 13.2. The topological polar surface area (TPSA) is 17.1 Å². The number of aryl methyl sites for hydroxylation is 3. The maximum atomic E-state index is 12.4. The van der Waals surface area contributed by atoms with E-state index in [4.69, 9.17) is 0 Å². The standard InChI is InChI=1S/C17H18OS/c1-12-6-2-3-7-13(12)10-15(18)17-11-14-8-4-5-9-16(14)19-17/h2-3,6-7,11H,4-5,8-10H2,1H3. The van der Waals surface area contributed by atoms with Gasteiger partial charge in [0, 0.05) is 11.3 Å². The molecule has 0 saturated heterocycles. The number of ketones is 1. The molecular formula is C17H18OS. The molecular weight excluding hydrogens is 252 g/mol. The summed E-state index contributed by atoms with van der Waals surface area (Å²) >= 11 is 1.72. The van der Waals surface area contributed by atoms with Gasteiger partial charge in [0.15, 0.2) is 5.78 Å². The van der Waals surface area contributed by atoms with E-state index < -0.39 is 0 Å². The van der Waals surface area contributed by atoms with Crippen LogP contribution in [0.15, 0.2) is 30.3 Å². The molecule has 1 aromatic heterocycles. The summed E-state index contributed by atoms with van der Waals surface area (Å²) in [7, 11) is 0. The number of benzene rings is 1. The Morgan fingerprint density at radius 1 is 1.21 bits per heavy atom. The number of carbonyl (C=O) groups is 1. The van der Waals surface area contributed by atoms with E-state index in [9.17, 15) is 4.79 Å². The third-order valence-corrected chi connectivity index (χ3v) is 5.16. The third-order valence-electron chi connectivity index (χ3n) is 3.88. The molecule has 0 saturated carbocycles. The molecule has 98 valence electrons. The molecule has 3 rings (SSSR count). The first kappa shape index (κ1) is 12.6. The van der Waals surface area contributed by atoms with Crippen molar-refractivity contribution >= 4 is 17.1 Å². The quantitative estimate of drug-likeness (QED) is 0.757. The molecule has 0 bridgehead atoms. The summed E-state index contributed by atoms with van der Waals surface area (Å²) < 4.78 is 0. The third kappa shape index (κ3) is 2.64. The van der Waals surface area contributed by atoms with E-state index >= 15 is 0 Å². The van der Waals surface area contributed by atoms with Crippen molar-refractivity contribution in [1.29, 1.82) is 0 Å². The van der Waals surface area contributed by atoms with Gasteiger partial charge in [-0.3, -0.25) is 4.79 Å². The summed E-state index contributed by atoms with van der Waals surface area (Å²) in [6, 6.07) is 10.3.